The van der Waals surface area contributed by atoms with E-state index in [1.165, 1.54) is 0 Å². The van der Waals surface area contributed by atoms with Gasteiger partial charge in [0, 0.05) is 9.50 Å². The molecule has 0 fully saturated rings. The molecule has 6 heteroatoms. The third kappa shape index (κ3) is 3.74. The van der Waals surface area contributed by atoms with Crippen molar-refractivity contribution in [3.63, 3.8) is 0 Å². The summed E-state index contributed by atoms with van der Waals surface area (Å²) in [5.74, 6) is -1.05. The Kier molecular flexibility index (Phi) is 6.26. The maximum Gasteiger partial charge on any atom is 0.351 e. The van der Waals surface area contributed by atoms with Crippen molar-refractivity contribution < 1.29 is 19.1 Å². The highest BCUT2D eigenvalue weighted by Crippen LogP contribution is 2.46. The highest BCUT2D eigenvalue weighted by molar-refractivity contribution is 9.10. The average molecular weight is 464 g/mol. The van der Waals surface area contributed by atoms with Crippen LogP contribution in [0.1, 0.15) is 31.4 Å². The van der Waals surface area contributed by atoms with Crippen LogP contribution in [0.3, 0.4) is 0 Å². The minimum absolute atomic E-state index is 0.213. The lowest BCUT2D eigenvalue weighted by atomic mass is 9.68. The number of benzene rings is 2. The molecule has 2 aromatic rings. The van der Waals surface area contributed by atoms with Crippen molar-refractivity contribution >= 4 is 45.0 Å². The van der Waals surface area contributed by atoms with E-state index in [4.69, 9.17) is 21.1 Å². The Balaban J connectivity index is 2.21. The van der Waals surface area contributed by atoms with Gasteiger partial charge in [-0.15, -0.1) is 0 Å². The van der Waals surface area contributed by atoms with Gasteiger partial charge in [0.1, 0.15) is 5.41 Å². The molecule has 0 saturated heterocycles. The maximum atomic E-state index is 13.3. The van der Waals surface area contributed by atoms with Crippen molar-refractivity contribution in [3.8, 4) is 0 Å². The van der Waals surface area contributed by atoms with Gasteiger partial charge in [-0.1, -0.05) is 58.7 Å². The van der Waals surface area contributed by atoms with Gasteiger partial charge in [-0.25, -0.2) is 4.79 Å². The maximum absolute atomic E-state index is 13.3. The first-order valence-electron chi connectivity index (χ1n) is 9.04. The van der Waals surface area contributed by atoms with Crippen LogP contribution in [0.5, 0.6) is 0 Å². The van der Waals surface area contributed by atoms with E-state index in [1.807, 2.05) is 43.3 Å². The largest absolute Gasteiger partial charge is 0.463 e. The molecule has 146 valence electrons. The average Bonchev–Trinajstić information content (AvgIpc) is 2.69. The molecule has 0 spiro atoms. The van der Waals surface area contributed by atoms with Gasteiger partial charge in [-0.05, 0) is 60.4 Å². The van der Waals surface area contributed by atoms with Crippen molar-refractivity contribution in [1.29, 1.82) is 0 Å². The number of cyclic esters (lactones) is 1. The minimum atomic E-state index is -1.07. The summed E-state index contributed by atoms with van der Waals surface area (Å²) in [5.41, 5.74) is 1.28. The van der Waals surface area contributed by atoms with E-state index in [0.717, 1.165) is 21.2 Å². The molecule has 0 radical (unpaired) electrons. The third-order valence-electron chi connectivity index (χ3n) is 4.90. The number of carbonyl (C=O) groups is 2. The Morgan fingerprint density at radius 1 is 1.14 bits per heavy atom. The van der Waals surface area contributed by atoms with Gasteiger partial charge in [0.25, 0.3) is 0 Å². The number of esters is 2. The molecular weight excluding hydrogens is 444 g/mol. The summed E-state index contributed by atoms with van der Waals surface area (Å²) in [7, 11) is 0. The molecule has 0 aliphatic carbocycles. The van der Waals surface area contributed by atoms with Gasteiger partial charge in [-0.2, -0.15) is 0 Å². The Morgan fingerprint density at radius 3 is 2.36 bits per heavy atom. The molecule has 2 atom stereocenters. The topological polar surface area (TPSA) is 52.6 Å². The van der Waals surface area contributed by atoms with Crippen molar-refractivity contribution in [2.75, 3.05) is 6.61 Å². The molecule has 0 saturated carbocycles. The predicted molar refractivity (Wildman–Crippen MR) is 112 cm³/mol. The fourth-order valence-corrected chi connectivity index (χ4v) is 3.90. The number of rotatable bonds is 5. The molecule has 1 aliphatic heterocycles. The quantitative estimate of drug-likeness (QED) is 0.563. The van der Waals surface area contributed by atoms with Crippen molar-refractivity contribution in [1.82, 2.24) is 0 Å². The van der Waals surface area contributed by atoms with Crippen LogP contribution < -0.4 is 0 Å². The highest BCUT2D eigenvalue weighted by Gasteiger charge is 2.49. The molecule has 0 aromatic heterocycles. The first-order chi connectivity index (χ1) is 13.4. The highest BCUT2D eigenvalue weighted by atomic mass is 79.9. The van der Waals surface area contributed by atoms with Crippen LogP contribution in [0.25, 0.3) is 5.57 Å². The Morgan fingerprint density at radius 2 is 1.79 bits per heavy atom. The van der Waals surface area contributed by atoms with E-state index in [2.05, 4.69) is 15.9 Å². The third-order valence-corrected chi connectivity index (χ3v) is 5.68. The van der Waals surface area contributed by atoms with E-state index >= 15 is 0 Å². The normalized spacial score (nSPS) is 21.6. The molecule has 0 bridgehead atoms. The number of carbonyl (C=O) groups excluding carboxylic acids is 2. The SMILES string of the molecule is CCOC(=O)[C@@H]1C=C(c2ccc(Br)cc2)[C@](CC)(c2ccc(Cl)cc2)C(=O)O1. The van der Waals surface area contributed by atoms with Gasteiger partial charge in [0.15, 0.2) is 0 Å². The standard InChI is InChI=1S/C22H20BrClO4/c1-3-22(15-7-11-17(24)12-8-15)18(14-5-9-16(23)10-6-14)13-19(28-21(22)26)20(25)27-4-2/h5-13,19H,3-4H2,1-2H3/t19-,22-/m0/s1. The van der Waals surface area contributed by atoms with Crippen LogP contribution in [-0.2, 0) is 24.5 Å². The Bertz CT molecular complexity index is 905. The van der Waals surface area contributed by atoms with E-state index in [0.29, 0.717) is 11.4 Å². The smallest absolute Gasteiger partial charge is 0.351 e. The fraction of sp³-hybridized carbons (Fsp3) is 0.273. The zero-order valence-electron chi connectivity index (χ0n) is 15.6. The van der Waals surface area contributed by atoms with Crippen LogP contribution in [0.2, 0.25) is 5.02 Å². The zero-order chi connectivity index (χ0) is 20.3. The molecule has 3 rings (SSSR count). The van der Waals surface area contributed by atoms with E-state index in [9.17, 15) is 9.59 Å². The first-order valence-corrected chi connectivity index (χ1v) is 10.2. The summed E-state index contributed by atoms with van der Waals surface area (Å²) in [6.07, 6.45) is 1.09. The van der Waals surface area contributed by atoms with Gasteiger partial charge >= 0.3 is 11.9 Å². The minimum Gasteiger partial charge on any atom is -0.463 e. The first kappa shape index (κ1) is 20.6. The van der Waals surface area contributed by atoms with Gasteiger partial charge in [0.2, 0.25) is 6.10 Å². The summed E-state index contributed by atoms with van der Waals surface area (Å²) in [4.78, 5) is 25.6. The summed E-state index contributed by atoms with van der Waals surface area (Å²) >= 11 is 9.48. The van der Waals surface area contributed by atoms with E-state index < -0.39 is 23.5 Å². The van der Waals surface area contributed by atoms with Crippen LogP contribution in [0, 0.1) is 0 Å². The molecule has 4 nitrogen and oxygen atoms in total. The molecule has 1 aliphatic rings. The van der Waals surface area contributed by atoms with Gasteiger partial charge in [-0.3, -0.25) is 4.79 Å². The number of hydrogen-bond acceptors (Lipinski definition) is 4. The lowest BCUT2D eigenvalue weighted by molar-refractivity contribution is -0.167. The summed E-state index contributed by atoms with van der Waals surface area (Å²) in [5, 5.41) is 0.581. The Labute approximate surface area is 177 Å². The Hall–Kier alpha value is -2.11. The van der Waals surface area contributed by atoms with Crippen LogP contribution in [0.15, 0.2) is 59.1 Å². The van der Waals surface area contributed by atoms with E-state index in [1.54, 1.807) is 25.1 Å². The predicted octanol–water partition coefficient (Wildman–Crippen LogP) is 5.32. The second kappa shape index (κ2) is 8.50. The number of hydrogen-bond donors (Lipinski definition) is 0. The lowest BCUT2D eigenvalue weighted by Crippen LogP contribution is -2.46. The number of halogens is 2. The van der Waals surface area contributed by atoms with Crippen LogP contribution >= 0.6 is 27.5 Å². The van der Waals surface area contributed by atoms with Crippen LogP contribution in [0.4, 0.5) is 0 Å². The van der Waals surface area contributed by atoms with Gasteiger partial charge in [0.05, 0.1) is 6.61 Å². The van der Waals surface area contributed by atoms with Crippen molar-refractivity contribution in [2.24, 2.45) is 0 Å². The lowest BCUT2D eigenvalue weighted by Gasteiger charge is -2.38. The molecule has 0 unspecified atom stereocenters. The van der Waals surface area contributed by atoms with Gasteiger partial charge < -0.3 is 9.47 Å². The fourth-order valence-electron chi connectivity index (χ4n) is 3.51. The molecule has 0 amide bonds. The zero-order valence-corrected chi connectivity index (χ0v) is 17.9. The molecular formula is C22H20BrClO4. The monoisotopic (exact) mass is 462 g/mol. The van der Waals surface area contributed by atoms with Crippen molar-refractivity contribution in [3.05, 3.63) is 75.2 Å². The molecule has 2 aromatic carbocycles. The second-order valence-corrected chi connectivity index (χ2v) is 7.78. The second-order valence-electron chi connectivity index (χ2n) is 6.43. The van der Waals surface area contributed by atoms with Crippen molar-refractivity contribution in [2.45, 2.75) is 31.8 Å². The summed E-state index contributed by atoms with van der Waals surface area (Å²) in [6.45, 7) is 3.85. The molecule has 0 N–H and O–H groups in total. The molecule has 28 heavy (non-hydrogen) atoms. The summed E-state index contributed by atoms with van der Waals surface area (Å²) in [6, 6.07) is 14.8. The number of ether oxygens (including phenoxy) is 2. The van der Waals surface area contributed by atoms with Crippen LogP contribution in [-0.4, -0.2) is 24.6 Å². The summed E-state index contributed by atoms with van der Waals surface area (Å²) < 4.78 is 11.5. The molecule has 1 heterocycles. The van der Waals surface area contributed by atoms with E-state index in [-0.39, 0.29) is 6.61 Å².